The Morgan fingerprint density at radius 1 is 1.32 bits per heavy atom. The second-order valence-corrected chi connectivity index (χ2v) is 6.66. The smallest absolute Gasteiger partial charge is 0.338 e. The second kappa shape index (κ2) is 5.94. The summed E-state index contributed by atoms with van der Waals surface area (Å²) in [5, 5.41) is 19.4. The van der Waals surface area contributed by atoms with Crippen LogP contribution in [-0.2, 0) is 13.0 Å². The van der Waals surface area contributed by atoms with Crippen LogP contribution in [0.3, 0.4) is 0 Å². The van der Waals surface area contributed by atoms with Gasteiger partial charge in [0.15, 0.2) is 0 Å². The van der Waals surface area contributed by atoms with Gasteiger partial charge in [-0.15, -0.1) is 11.3 Å². The molecular weight excluding hydrogens is 340 g/mol. The lowest BCUT2D eigenvalue weighted by molar-refractivity contribution is 0.0694. The first-order valence-electron chi connectivity index (χ1n) is 7.74. The molecule has 0 spiro atoms. The van der Waals surface area contributed by atoms with Crippen LogP contribution in [0.4, 0.5) is 5.69 Å². The van der Waals surface area contributed by atoms with Crippen molar-refractivity contribution in [3.63, 3.8) is 0 Å². The molecule has 0 bridgehead atoms. The van der Waals surface area contributed by atoms with Crippen LogP contribution < -0.4 is 4.90 Å². The molecule has 2 N–H and O–H groups in total. The van der Waals surface area contributed by atoms with Gasteiger partial charge in [0.1, 0.15) is 0 Å². The summed E-state index contributed by atoms with van der Waals surface area (Å²) in [5.41, 5.74) is 4.11. The number of hydrogen-bond acceptors (Lipinski definition) is 5. The Labute approximate surface area is 147 Å². The first kappa shape index (κ1) is 15.7. The third-order valence-electron chi connectivity index (χ3n) is 4.47. The van der Waals surface area contributed by atoms with E-state index in [4.69, 9.17) is 0 Å². The average Bonchev–Trinajstić information content (AvgIpc) is 3.09. The van der Waals surface area contributed by atoms with E-state index < -0.39 is 12.6 Å². The van der Waals surface area contributed by atoms with Gasteiger partial charge in [-0.05, 0) is 24.1 Å². The number of fused-ring (bicyclic) bond motifs is 2. The summed E-state index contributed by atoms with van der Waals surface area (Å²) in [7, 11) is 0. The quantitative estimate of drug-likeness (QED) is 0.755. The number of benzene rings is 2. The van der Waals surface area contributed by atoms with E-state index in [1.54, 1.807) is 23.7 Å². The Morgan fingerprint density at radius 3 is 2.88 bits per heavy atom. The summed E-state index contributed by atoms with van der Waals surface area (Å²) in [6.07, 6.45) is 0.649. The molecule has 0 aliphatic carbocycles. The summed E-state index contributed by atoms with van der Waals surface area (Å²) < 4.78 is 0.746. The number of carbonyl (C=O) groups is 2. The highest BCUT2D eigenvalue weighted by Gasteiger charge is 2.30. The number of hydrogen-bond donors (Lipinski definition) is 2. The number of thiazole rings is 1. The van der Waals surface area contributed by atoms with Crippen LogP contribution in [-0.4, -0.2) is 33.6 Å². The van der Waals surface area contributed by atoms with Crippen LogP contribution in [0.15, 0.2) is 35.8 Å². The highest BCUT2D eigenvalue weighted by atomic mass is 32.1. The molecule has 0 saturated heterocycles. The van der Waals surface area contributed by atoms with Crippen LogP contribution in [0, 0.1) is 0 Å². The molecule has 6 nitrogen and oxygen atoms in total. The van der Waals surface area contributed by atoms with Gasteiger partial charge >= 0.3 is 5.97 Å². The highest BCUT2D eigenvalue weighted by molar-refractivity contribution is 7.16. The number of rotatable bonds is 3. The molecule has 1 aliphatic rings. The SMILES string of the molecule is O=C(O)c1c(N2CCc3ccccc3C2=O)cc2scnc2c1CO. The van der Waals surface area contributed by atoms with Gasteiger partial charge in [0.05, 0.1) is 33.6 Å². The molecule has 1 aromatic heterocycles. The molecule has 0 fully saturated rings. The van der Waals surface area contributed by atoms with Crippen LogP contribution in [0.5, 0.6) is 0 Å². The molecule has 0 radical (unpaired) electrons. The lowest BCUT2D eigenvalue weighted by atomic mass is 9.96. The van der Waals surface area contributed by atoms with E-state index in [0.717, 1.165) is 10.3 Å². The zero-order valence-electron chi connectivity index (χ0n) is 13.1. The maximum atomic E-state index is 12.9. The molecule has 2 aromatic carbocycles. The molecule has 126 valence electrons. The van der Waals surface area contributed by atoms with Crippen molar-refractivity contribution in [2.45, 2.75) is 13.0 Å². The van der Waals surface area contributed by atoms with Crippen molar-refractivity contribution in [2.24, 2.45) is 0 Å². The summed E-state index contributed by atoms with van der Waals surface area (Å²) >= 11 is 1.35. The fourth-order valence-corrected chi connectivity index (χ4v) is 4.05. The lowest BCUT2D eigenvalue weighted by Gasteiger charge is -2.30. The molecule has 0 atom stereocenters. The number of anilines is 1. The Balaban J connectivity index is 1.94. The van der Waals surface area contributed by atoms with Gasteiger partial charge in [-0.2, -0.15) is 0 Å². The van der Waals surface area contributed by atoms with Crippen LogP contribution in [0.25, 0.3) is 10.2 Å². The number of aromatic carboxylic acids is 1. The Morgan fingerprint density at radius 2 is 2.12 bits per heavy atom. The Hall–Kier alpha value is -2.77. The van der Waals surface area contributed by atoms with Gasteiger partial charge in [0.25, 0.3) is 5.91 Å². The zero-order chi connectivity index (χ0) is 17.6. The number of carboxylic acids is 1. The number of amides is 1. The molecule has 2 heterocycles. The van der Waals surface area contributed by atoms with Gasteiger partial charge in [-0.3, -0.25) is 4.79 Å². The predicted molar refractivity (Wildman–Crippen MR) is 94.3 cm³/mol. The lowest BCUT2D eigenvalue weighted by Crippen LogP contribution is -2.38. The van der Waals surface area contributed by atoms with Crippen LogP contribution in [0.2, 0.25) is 0 Å². The van der Waals surface area contributed by atoms with Crippen molar-refractivity contribution >= 4 is 39.1 Å². The summed E-state index contributed by atoms with van der Waals surface area (Å²) in [4.78, 5) is 30.5. The minimum Gasteiger partial charge on any atom is -0.478 e. The molecule has 7 heteroatoms. The summed E-state index contributed by atoms with van der Waals surface area (Å²) in [6.45, 7) is -0.0559. The van der Waals surface area contributed by atoms with E-state index in [2.05, 4.69) is 4.98 Å². The second-order valence-electron chi connectivity index (χ2n) is 5.78. The van der Waals surface area contributed by atoms with Crippen molar-refractivity contribution < 1.29 is 19.8 Å². The van der Waals surface area contributed by atoms with Gasteiger partial charge < -0.3 is 15.1 Å². The normalized spacial score (nSPS) is 14.0. The van der Waals surface area contributed by atoms with Gasteiger partial charge in [-0.1, -0.05) is 18.2 Å². The van der Waals surface area contributed by atoms with E-state index in [1.165, 1.54) is 16.2 Å². The predicted octanol–water partition coefficient (Wildman–Crippen LogP) is 2.69. The Kier molecular flexibility index (Phi) is 3.74. The third-order valence-corrected chi connectivity index (χ3v) is 5.24. The summed E-state index contributed by atoms with van der Waals surface area (Å²) in [6, 6.07) is 9.03. The van der Waals surface area contributed by atoms with E-state index in [1.807, 2.05) is 12.1 Å². The number of carbonyl (C=O) groups excluding carboxylic acids is 1. The zero-order valence-corrected chi connectivity index (χ0v) is 13.9. The van der Waals surface area contributed by atoms with Gasteiger partial charge in [-0.25, -0.2) is 9.78 Å². The van der Waals surface area contributed by atoms with Crippen molar-refractivity contribution in [1.82, 2.24) is 4.98 Å². The van der Waals surface area contributed by atoms with E-state index in [-0.39, 0.29) is 17.0 Å². The topological polar surface area (TPSA) is 90.7 Å². The number of nitrogens with zero attached hydrogens (tertiary/aromatic N) is 2. The maximum absolute atomic E-state index is 12.9. The highest BCUT2D eigenvalue weighted by Crippen LogP contribution is 2.35. The first-order valence-corrected chi connectivity index (χ1v) is 8.62. The van der Waals surface area contributed by atoms with E-state index in [9.17, 15) is 19.8 Å². The molecule has 1 aliphatic heterocycles. The van der Waals surface area contributed by atoms with Crippen molar-refractivity contribution in [3.05, 3.63) is 58.1 Å². The minimum atomic E-state index is -1.18. The van der Waals surface area contributed by atoms with Crippen molar-refractivity contribution in [2.75, 3.05) is 11.4 Å². The summed E-state index contributed by atoms with van der Waals surface area (Å²) in [5.74, 6) is -1.40. The minimum absolute atomic E-state index is 0.0615. The molecule has 1 amide bonds. The van der Waals surface area contributed by atoms with Crippen molar-refractivity contribution in [1.29, 1.82) is 0 Å². The first-order chi connectivity index (χ1) is 12.1. The van der Waals surface area contributed by atoms with E-state index >= 15 is 0 Å². The van der Waals surface area contributed by atoms with Gasteiger partial charge in [0.2, 0.25) is 0 Å². The fraction of sp³-hybridized carbons (Fsp3) is 0.167. The molecule has 25 heavy (non-hydrogen) atoms. The molecule has 0 saturated carbocycles. The van der Waals surface area contributed by atoms with Crippen LogP contribution in [0.1, 0.15) is 31.8 Å². The van der Waals surface area contributed by atoms with Crippen LogP contribution >= 0.6 is 11.3 Å². The molecule has 4 rings (SSSR count). The standard InChI is InChI=1S/C18H14N2O4S/c21-8-12-15(18(23)24)13(7-14-16(12)19-9-25-14)20-6-5-10-3-1-2-4-11(10)17(20)22/h1-4,7,9,21H,5-6,8H2,(H,23,24). The number of aliphatic hydroxyl groups excluding tert-OH is 1. The third kappa shape index (κ3) is 2.40. The Bertz CT molecular complexity index is 1010. The molecule has 3 aromatic rings. The largest absolute Gasteiger partial charge is 0.478 e. The fourth-order valence-electron chi connectivity index (χ4n) is 3.32. The maximum Gasteiger partial charge on any atom is 0.338 e. The number of aliphatic hydroxyl groups is 1. The molecular formula is C18H14N2O4S. The monoisotopic (exact) mass is 354 g/mol. The van der Waals surface area contributed by atoms with E-state index in [0.29, 0.717) is 29.7 Å². The van der Waals surface area contributed by atoms with Crippen molar-refractivity contribution in [3.8, 4) is 0 Å². The van der Waals surface area contributed by atoms with Gasteiger partial charge in [0, 0.05) is 17.7 Å². The number of carboxylic acid groups (broad SMARTS) is 1. The average molecular weight is 354 g/mol. The molecule has 0 unspecified atom stereocenters. The number of aromatic nitrogens is 1.